The predicted molar refractivity (Wildman–Crippen MR) is 137 cm³/mol. The lowest BCUT2D eigenvalue weighted by Crippen LogP contribution is -2.31. The number of amides is 1. The fourth-order valence-electron chi connectivity index (χ4n) is 3.68. The third-order valence-corrected chi connectivity index (χ3v) is 7.26. The Kier molecular flexibility index (Phi) is 7.30. The molecular formula is C25H27F2N5O4S. The zero-order chi connectivity index (χ0) is 26.9. The van der Waals surface area contributed by atoms with Gasteiger partial charge in [-0.15, -0.1) is 0 Å². The van der Waals surface area contributed by atoms with Crippen molar-refractivity contribution in [3.8, 4) is 0 Å². The second-order valence-corrected chi connectivity index (χ2v) is 11.0. The summed E-state index contributed by atoms with van der Waals surface area (Å²) in [7, 11) is -3.78. The smallest absolute Gasteiger partial charge is 0.255 e. The van der Waals surface area contributed by atoms with E-state index in [-0.39, 0.29) is 46.4 Å². The Bertz CT molecular complexity index is 1530. The summed E-state index contributed by atoms with van der Waals surface area (Å²) in [4.78, 5) is 30.1. The lowest BCUT2D eigenvalue weighted by atomic mass is 10.1. The van der Waals surface area contributed by atoms with Crippen molar-refractivity contribution in [2.45, 2.75) is 46.2 Å². The van der Waals surface area contributed by atoms with Crippen molar-refractivity contribution in [2.75, 3.05) is 15.8 Å². The van der Waals surface area contributed by atoms with Gasteiger partial charge in [0, 0.05) is 29.6 Å². The van der Waals surface area contributed by atoms with E-state index in [1.165, 1.54) is 44.4 Å². The Morgan fingerprint density at radius 2 is 1.92 bits per heavy atom. The standard InChI is InChI=1S/C25H27F2N5O4S/c1-4-37(35,36)31-23-21(27)16(9-10-28-23)12-32-13-18(24(33)29-17-6-7-17)22(15(3)25(32)34)30-20-8-5-14(2)11-19(20)26/h5,8-11,13,17,30H,4,6-7,12H2,1-3H3,(H,28,31)(H,29,33). The fourth-order valence-corrected chi connectivity index (χ4v) is 4.26. The van der Waals surface area contributed by atoms with E-state index in [9.17, 15) is 22.4 Å². The molecular weight excluding hydrogens is 504 g/mol. The maximum atomic E-state index is 15.1. The molecule has 12 heteroatoms. The number of aryl methyl sites for hydroxylation is 1. The molecule has 37 heavy (non-hydrogen) atoms. The minimum absolute atomic E-state index is 0.0101. The number of carbonyl (C=O) groups is 1. The Morgan fingerprint density at radius 3 is 2.57 bits per heavy atom. The first kappa shape index (κ1) is 26.3. The lowest BCUT2D eigenvalue weighted by Gasteiger charge is -2.18. The van der Waals surface area contributed by atoms with E-state index in [1.807, 2.05) is 0 Å². The lowest BCUT2D eigenvalue weighted by molar-refractivity contribution is 0.0951. The quantitative estimate of drug-likeness (QED) is 0.388. The van der Waals surface area contributed by atoms with Gasteiger partial charge in [-0.2, -0.15) is 0 Å². The highest BCUT2D eigenvalue weighted by atomic mass is 32.2. The second kappa shape index (κ2) is 10.3. The number of anilines is 3. The van der Waals surface area contributed by atoms with Gasteiger partial charge in [0.15, 0.2) is 11.6 Å². The molecule has 4 rings (SSSR count). The van der Waals surface area contributed by atoms with Gasteiger partial charge >= 0.3 is 0 Å². The highest BCUT2D eigenvalue weighted by Crippen LogP contribution is 2.28. The number of rotatable bonds is 9. The van der Waals surface area contributed by atoms with Crippen LogP contribution in [0.5, 0.6) is 0 Å². The van der Waals surface area contributed by atoms with E-state index in [2.05, 4.69) is 20.3 Å². The topological polar surface area (TPSA) is 122 Å². The number of hydrogen-bond donors (Lipinski definition) is 3. The zero-order valence-corrected chi connectivity index (χ0v) is 21.4. The summed E-state index contributed by atoms with van der Waals surface area (Å²) in [6, 6.07) is 5.88. The molecule has 1 saturated carbocycles. The molecule has 2 aromatic heterocycles. The van der Waals surface area contributed by atoms with E-state index in [0.717, 1.165) is 17.4 Å². The Balaban J connectivity index is 1.76. The second-order valence-electron chi connectivity index (χ2n) is 8.97. The molecule has 3 aromatic rings. The van der Waals surface area contributed by atoms with E-state index >= 15 is 4.39 Å². The van der Waals surface area contributed by atoms with Crippen molar-refractivity contribution in [2.24, 2.45) is 0 Å². The van der Waals surface area contributed by atoms with Gasteiger partial charge in [-0.25, -0.2) is 22.2 Å². The first-order valence-corrected chi connectivity index (χ1v) is 13.4. The largest absolute Gasteiger partial charge is 0.352 e. The van der Waals surface area contributed by atoms with Crippen LogP contribution in [0.1, 0.15) is 46.8 Å². The van der Waals surface area contributed by atoms with Gasteiger partial charge in [0.1, 0.15) is 5.82 Å². The van der Waals surface area contributed by atoms with Crippen LogP contribution < -0.4 is 20.9 Å². The minimum Gasteiger partial charge on any atom is -0.352 e. The first-order valence-electron chi connectivity index (χ1n) is 11.7. The van der Waals surface area contributed by atoms with Gasteiger partial charge in [0.05, 0.1) is 29.2 Å². The van der Waals surface area contributed by atoms with Crippen molar-refractivity contribution in [3.05, 3.63) is 80.9 Å². The zero-order valence-electron chi connectivity index (χ0n) is 20.6. The van der Waals surface area contributed by atoms with Crippen molar-refractivity contribution in [1.29, 1.82) is 0 Å². The number of aromatic nitrogens is 2. The maximum absolute atomic E-state index is 15.1. The monoisotopic (exact) mass is 531 g/mol. The van der Waals surface area contributed by atoms with Crippen LogP contribution in [-0.4, -0.2) is 35.7 Å². The molecule has 0 aliphatic heterocycles. The van der Waals surface area contributed by atoms with Crippen LogP contribution in [0.3, 0.4) is 0 Å². The molecule has 1 aliphatic carbocycles. The molecule has 9 nitrogen and oxygen atoms in total. The number of sulfonamides is 1. The maximum Gasteiger partial charge on any atom is 0.255 e. The molecule has 3 N–H and O–H groups in total. The fraction of sp³-hybridized carbons (Fsp3) is 0.320. The van der Waals surface area contributed by atoms with Crippen molar-refractivity contribution < 1.29 is 22.0 Å². The molecule has 1 amide bonds. The van der Waals surface area contributed by atoms with Crippen LogP contribution in [-0.2, 0) is 16.6 Å². The van der Waals surface area contributed by atoms with E-state index in [0.29, 0.717) is 5.56 Å². The number of nitrogens with one attached hydrogen (secondary N) is 3. The van der Waals surface area contributed by atoms with E-state index < -0.39 is 38.9 Å². The highest BCUT2D eigenvalue weighted by molar-refractivity contribution is 7.92. The third kappa shape index (κ3) is 5.96. The van der Waals surface area contributed by atoms with Crippen LogP contribution in [0.15, 0.2) is 41.5 Å². The number of hydrogen-bond acceptors (Lipinski definition) is 6. The summed E-state index contributed by atoms with van der Waals surface area (Å²) < 4.78 is 56.7. The molecule has 0 unspecified atom stereocenters. The Hall–Kier alpha value is -3.80. The number of halogens is 2. The van der Waals surface area contributed by atoms with Gasteiger partial charge in [-0.05, 0) is 57.4 Å². The molecule has 0 spiro atoms. The first-order chi connectivity index (χ1) is 17.5. The normalized spacial score (nSPS) is 13.3. The van der Waals surface area contributed by atoms with Gasteiger partial charge in [-0.1, -0.05) is 6.07 Å². The van der Waals surface area contributed by atoms with Crippen molar-refractivity contribution >= 4 is 33.1 Å². The SMILES string of the molecule is CCS(=O)(=O)Nc1nccc(Cn2cc(C(=O)NC3CC3)c(Nc3ccc(C)cc3F)c(C)c2=O)c1F. The summed E-state index contributed by atoms with van der Waals surface area (Å²) in [5, 5.41) is 5.75. The highest BCUT2D eigenvalue weighted by Gasteiger charge is 2.27. The summed E-state index contributed by atoms with van der Waals surface area (Å²) in [6.07, 6.45) is 4.18. The summed E-state index contributed by atoms with van der Waals surface area (Å²) in [5.74, 6) is -2.69. The molecule has 1 fully saturated rings. The number of benzene rings is 1. The average molecular weight is 532 g/mol. The molecule has 0 bridgehead atoms. The number of carbonyl (C=O) groups excluding carboxylic acids is 1. The Labute approximate surface area is 213 Å². The van der Waals surface area contributed by atoms with Crippen molar-refractivity contribution in [1.82, 2.24) is 14.9 Å². The van der Waals surface area contributed by atoms with Crippen LogP contribution in [0.25, 0.3) is 0 Å². The Morgan fingerprint density at radius 1 is 1.19 bits per heavy atom. The molecule has 0 atom stereocenters. The van der Waals surface area contributed by atoms with Gasteiger partial charge < -0.3 is 15.2 Å². The van der Waals surface area contributed by atoms with Crippen LogP contribution >= 0.6 is 0 Å². The molecule has 196 valence electrons. The summed E-state index contributed by atoms with van der Waals surface area (Å²) >= 11 is 0. The number of pyridine rings is 2. The minimum atomic E-state index is -3.78. The van der Waals surface area contributed by atoms with Gasteiger partial charge in [0.2, 0.25) is 10.0 Å². The molecule has 2 heterocycles. The summed E-state index contributed by atoms with van der Waals surface area (Å²) in [6.45, 7) is 4.34. The van der Waals surface area contributed by atoms with Crippen LogP contribution in [0, 0.1) is 25.5 Å². The van der Waals surface area contributed by atoms with Crippen LogP contribution in [0.2, 0.25) is 0 Å². The van der Waals surface area contributed by atoms with E-state index in [1.54, 1.807) is 13.0 Å². The molecule has 1 aromatic carbocycles. The average Bonchev–Trinajstić information content (AvgIpc) is 3.66. The van der Waals surface area contributed by atoms with Crippen molar-refractivity contribution in [3.63, 3.8) is 0 Å². The van der Waals surface area contributed by atoms with Gasteiger partial charge in [-0.3, -0.25) is 14.3 Å². The number of nitrogens with zero attached hydrogens (tertiary/aromatic N) is 2. The molecule has 0 saturated heterocycles. The summed E-state index contributed by atoms with van der Waals surface area (Å²) in [5.41, 5.74) is 0.624. The molecule has 1 aliphatic rings. The molecule has 0 radical (unpaired) electrons. The third-order valence-electron chi connectivity index (χ3n) is 5.99. The van der Waals surface area contributed by atoms with E-state index in [4.69, 9.17) is 0 Å². The predicted octanol–water partition coefficient (Wildman–Crippen LogP) is 3.58. The van der Waals surface area contributed by atoms with Gasteiger partial charge in [0.25, 0.3) is 11.5 Å². The van der Waals surface area contributed by atoms with Crippen LogP contribution in [0.4, 0.5) is 26.0 Å².